The number of rotatable bonds is 6. The number of aromatic nitrogens is 4. The van der Waals surface area contributed by atoms with E-state index >= 15 is 0 Å². The van der Waals surface area contributed by atoms with Crippen LogP contribution in [-0.2, 0) is 0 Å². The van der Waals surface area contributed by atoms with Gasteiger partial charge in [-0.3, -0.25) is 9.55 Å². The Morgan fingerprint density at radius 2 is 1.64 bits per heavy atom. The Hall–Kier alpha value is -2.96. The second-order valence-corrected chi connectivity index (χ2v) is 7.44. The fourth-order valence-corrected chi connectivity index (χ4v) is 3.82. The number of thioether (sulfide) groups is 1. The van der Waals surface area contributed by atoms with Crippen LogP contribution in [0.15, 0.2) is 84.3 Å². The van der Waals surface area contributed by atoms with E-state index in [-0.39, 0.29) is 0 Å². The van der Waals surface area contributed by atoms with E-state index in [4.69, 9.17) is 0 Å². The number of aliphatic hydroxyl groups is 1. The average Bonchev–Trinajstić information content (AvgIpc) is 3.18. The molecule has 0 saturated carbocycles. The lowest BCUT2D eigenvalue weighted by Gasteiger charge is -2.13. The molecule has 0 fully saturated rings. The lowest BCUT2D eigenvalue weighted by Crippen LogP contribution is -2.03. The molecule has 5 nitrogen and oxygen atoms in total. The van der Waals surface area contributed by atoms with E-state index in [1.807, 2.05) is 47.0 Å². The van der Waals surface area contributed by atoms with Crippen molar-refractivity contribution >= 4 is 11.8 Å². The number of hydrogen-bond donors (Lipinski definition) is 1. The van der Waals surface area contributed by atoms with Crippen molar-refractivity contribution in [2.45, 2.75) is 18.2 Å². The molecule has 0 saturated heterocycles. The largest absolute Gasteiger partial charge is 0.388 e. The third-order valence-electron chi connectivity index (χ3n) is 4.42. The summed E-state index contributed by atoms with van der Waals surface area (Å²) in [5.74, 6) is 1.24. The molecule has 0 unspecified atom stereocenters. The van der Waals surface area contributed by atoms with Gasteiger partial charge in [-0.15, -0.1) is 10.2 Å². The maximum atomic E-state index is 10.5. The predicted octanol–water partition coefficient (Wildman–Crippen LogP) is 4.46. The van der Waals surface area contributed by atoms with Crippen molar-refractivity contribution in [1.82, 2.24) is 19.7 Å². The molecule has 28 heavy (non-hydrogen) atoms. The van der Waals surface area contributed by atoms with Gasteiger partial charge in [0.05, 0.1) is 6.10 Å². The fourth-order valence-electron chi connectivity index (χ4n) is 2.90. The predicted molar refractivity (Wildman–Crippen MR) is 111 cm³/mol. The summed E-state index contributed by atoms with van der Waals surface area (Å²) in [4.78, 5) is 4.09. The minimum atomic E-state index is -0.571. The topological polar surface area (TPSA) is 63.8 Å². The second kappa shape index (κ2) is 8.37. The van der Waals surface area contributed by atoms with Crippen molar-refractivity contribution in [3.05, 3.63) is 90.3 Å². The van der Waals surface area contributed by atoms with Crippen molar-refractivity contribution in [2.24, 2.45) is 0 Å². The number of aliphatic hydroxyl groups excluding tert-OH is 1. The Balaban J connectivity index is 1.67. The summed E-state index contributed by atoms with van der Waals surface area (Å²) in [6, 6.07) is 21.7. The molecule has 0 spiro atoms. The van der Waals surface area contributed by atoms with E-state index in [2.05, 4.69) is 46.4 Å². The number of aryl methyl sites for hydroxylation is 1. The van der Waals surface area contributed by atoms with Gasteiger partial charge in [0.1, 0.15) is 0 Å². The standard InChI is InChI=1S/C22H20N4OS/c1-16-7-9-19(10-8-16)26-21(18-11-13-23-14-12-18)24-25-22(26)28-15-20(27)17-5-3-2-4-6-17/h2-14,20,27H,15H2,1H3/t20-/m1/s1. The second-order valence-electron chi connectivity index (χ2n) is 6.45. The zero-order valence-electron chi connectivity index (χ0n) is 15.4. The molecule has 0 aliphatic rings. The number of hydrogen-bond acceptors (Lipinski definition) is 5. The minimum absolute atomic E-state index is 0.490. The first kappa shape index (κ1) is 18.4. The van der Waals surface area contributed by atoms with Crippen LogP contribution in [0.4, 0.5) is 0 Å². The first-order valence-corrected chi connectivity index (χ1v) is 9.99. The Bertz CT molecular complexity index is 1030. The third kappa shape index (κ3) is 3.98. The van der Waals surface area contributed by atoms with Gasteiger partial charge in [0.25, 0.3) is 0 Å². The van der Waals surface area contributed by atoms with E-state index in [0.717, 1.165) is 27.8 Å². The molecule has 0 amide bonds. The monoisotopic (exact) mass is 388 g/mol. The molecule has 140 valence electrons. The summed E-state index contributed by atoms with van der Waals surface area (Å²) in [6.07, 6.45) is 2.92. The van der Waals surface area contributed by atoms with Crippen LogP contribution in [0.5, 0.6) is 0 Å². The van der Waals surface area contributed by atoms with E-state index in [1.54, 1.807) is 12.4 Å². The van der Waals surface area contributed by atoms with Crippen LogP contribution >= 0.6 is 11.8 Å². The quantitative estimate of drug-likeness (QED) is 0.494. The van der Waals surface area contributed by atoms with Crippen molar-refractivity contribution in [3.8, 4) is 17.1 Å². The number of nitrogens with zero attached hydrogens (tertiary/aromatic N) is 4. The number of benzene rings is 2. The summed E-state index contributed by atoms with van der Waals surface area (Å²) >= 11 is 1.49. The summed E-state index contributed by atoms with van der Waals surface area (Å²) in [6.45, 7) is 2.06. The van der Waals surface area contributed by atoms with Gasteiger partial charge in [-0.2, -0.15) is 0 Å². The van der Waals surface area contributed by atoms with Crippen molar-refractivity contribution in [1.29, 1.82) is 0 Å². The third-order valence-corrected chi connectivity index (χ3v) is 5.42. The Kier molecular flexibility index (Phi) is 5.50. The summed E-state index contributed by atoms with van der Waals surface area (Å²) in [5, 5.41) is 20.1. The van der Waals surface area contributed by atoms with Crippen molar-refractivity contribution in [2.75, 3.05) is 5.75 Å². The Labute approximate surface area is 168 Å². The maximum absolute atomic E-state index is 10.5. The first-order valence-electron chi connectivity index (χ1n) is 9.01. The highest BCUT2D eigenvalue weighted by atomic mass is 32.2. The zero-order chi connectivity index (χ0) is 19.3. The highest BCUT2D eigenvalue weighted by Gasteiger charge is 2.18. The highest BCUT2D eigenvalue weighted by molar-refractivity contribution is 7.99. The van der Waals surface area contributed by atoms with Crippen LogP contribution in [0, 0.1) is 6.92 Å². The molecule has 0 radical (unpaired) electrons. The van der Waals surface area contributed by atoms with Gasteiger partial charge in [-0.25, -0.2) is 0 Å². The smallest absolute Gasteiger partial charge is 0.196 e. The first-order chi connectivity index (χ1) is 13.7. The van der Waals surface area contributed by atoms with E-state index in [9.17, 15) is 5.11 Å². The molecule has 1 atom stereocenters. The molecular formula is C22H20N4OS. The molecule has 0 aliphatic carbocycles. The molecule has 6 heteroatoms. The SMILES string of the molecule is Cc1ccc(-n2c(SC[C@@H](O)c3ccccc3)nnc2-c2ccncc2)cc1. The molecule has 0 aliphatic heterocycles. The van der Waals surface area contributed by atoms with Crippen LogP contribution in [0.1, 0.15) is 17.2 Å². The normalized spacial score (nSPS) is 12.1. The minimum Gasteiger partial charge on any atom is -0.388 e. The summed E-state index contributed by atoms with van der Waals surface area (Å²) < 4.78 is 2.02. The van der Waals surface area contributed by atoms with Gasteiger partial charge < -0.3 is 5.11 Å². The van der Waals surface area contributed by atoms with E-state index in [0.29, 0.717) is 5.75 Å². The zero-order valence-corrected chi connectivity index (χ0v) is 16.3. The molecule has 2 heterocycles. The Morgan fingerprint density at radius 1 is 0.929 bits per heavy atom. The van der Waals surface area contributed by atoms with Crippen LogP contribution in [-0.4, -0.2) is 30.6 Å². The van der Waals surface area contributed by atoms with Crippen LogP contribution < -0.4 is 0 Å². The lowest BCUT2D eigenvalue weighted by atomic mass is 10.1. The molecule has 4 rings (SSSR count). The maximum Gasteiger partial charge on any atom is 0.196 e. The van der Waals surface area contributed by atoms with Gasteiger partial charge >= 0.3 is 0 Å². The molecule has 2 aromatic carbocycles. The molecular weight excluding hydrogens is 368 g/mol. The fraction of sp³-hybridized carbons (Fsp3) is 0.136. The van der Waals surface area contributed by atoms with Crippen molar-refractivity contribution < 1.29 is 5.11 Å². The lowest BCUT2D eigenvalue weighted by molar-refractivity contribution is 0.204. The molecule has 0 bridgehead atoms. The highest BCUT2D eigenvalue weighted by Crippen LogP contribution is 2.30. The Morgan fingerprint density at radius 3 is 2.36 bits per heavy atom. The molecule has 4 aromatic rings. The van der Waals surface area contributed by atoms with Gasteiger partial charge in [-0.1, -0.05) is 59.8 Å². The van der Waals surface area contributed by atoms with Crippen LogP contribution in [0.25, 0.3) is 17.1 Å². The van der Waals surface area contributed by atoms with Gasteiger partial charge in [-0.05, 0) is 36.8 Å². The molecule has 1 N–H and O–H groups in total. The van der Waals surface area contributed by atoms with Gasteiger partial charge in [0, 0.05) is 29.4 Å². The van der Waals surface area contributed by atoms with Gasteiger partial charge in [0.2, 0.25) is 0 Å². The molecule has 2 aromatic heterocycles. The average molecular weight is 388 g/mol. The summed E-state index contributed by atoms with van der Waals surface area (Å²) in [5.41, 5.74) is 4.01. The van der Waals surface area contributed by atoms with Crippen molar-refractivity contribution in [3.63, 3.8) is 0 Å². The number of pyridine rings is 1. The summed E-state index contributed by atoms with van der Waals surface area (Å²) in [7, 11) is 0. The van der Waals surface area contributed by atoms with Crippen LogP contribution in [0.2, 0.25) is 0 Å². The van der Waals surface area contributed by atoms with Crippen LogP contribution in [0.3, 0.4) is 0 Å². The van der Waals surface area contributed by atoms with Gasteiger partial charge in [0.15, 0.2) is 11.0 Å². The van der Waals surface area contributed by atoms with E-state index < -0.39 is 6.10 Å². The van der Waals surface area contributed by atoms with E-state index in [1.165, 1.54) is 17.3 Å².